The fourth-order valence-corrected chi connectivity index (χ4v) is 3.13. The van der Waals surface area contributed by atoms with E-state index in [1.54, 1.807) is 0 Å². The molecule has 0 fully saturated rings. The number of hydrogen-bond donors (Lipinski definition) is 0. The molecule has 0 radical (unpaired) electrons. The molecule has 0 unspecified atom stereocenters. The van der Waals surface area contributed by atoms with Gasteiger partial charge in [0.05, 0.1) is 0 Å². The number of benzene rings is 2. The largest absolute Gasteiger partial charge is 0.165 e. The zero-order chi connectivity index (χ0) is 15.6. The molecule has 0 nitrogen and oxygen atoms in total. The van der Waals surface area contributed by atoms with Gasteiger partial charge in [-0.15, -0.1) is 0 Å². The predicted molar refractivity (Wildman–Crippen MR) is 103 cm³/mol. The highest BCUT2D eigenvalue weighted by Gasteiger charge is 2.00. The molecular weight excluding hydrogens is 304 g/mol. The molecule has 2 aromatic rings. The van der Waals surface area contributed by atoms with Crippen molar-refractivity contribution in [2.45, 2.75) is 12.8 Å². The van der Waals surface area contributed by atoms with E-state index in [0.717, 1.165) is 35.5 Å². The van der Waals surface area contributed by atoms with E-state index in [1.165, 1.54) is 11.1 Å². The standard InChI is InChI=1S/C20H22S2/c1-21-15-13-19-9-5-3-7-17(19)11-12-18-8-4-6-10-20(18)14-16-22-2/h3-10H,13-16H2,1-2H3. The lowest BCUT2D eigenvalue weighted by atomic mass is 10.0. The zero-order valence-corrected chi connectivity index (χ0v) is 14.9. The van der Waals surface area contributed by atoms with Crippen molar-refractivity contribution in [3.63, 3.8) is 0 Å². The van der Waals surface area contributed by atoms with Crippen molar-refractivity contribution in [3.8, 4) is 11.8 Å². The van der Waals surface area contributed by atoms with Crippen molar-refractivity contribution >= 4 is 23.5 Å². The normalized spacial score (nSPS) is 10.1. The first-order valence-electron chi connectivity index (χ1n) is 7.51. The lowest BCUT2D eigenvalue weighted by Crippen LogP contribution is -1.94. The second-order valence-corrected chi connectivity index (χ2v) is 7.02. The molecule has 0 saturated carbocycles. The van der Waals surface area contributed by atoms with Crippen LogP contribution in [-0.4, -0.2) is 24.0 Å². The Kier molecular flexibility index (Phi) is 7.49. The van der Waals surface area contributed by atoms with Gasteiger partial charge in [-0.2, -0.15) is 23.5 Å². The second-order valence-electron chi connectivity index (χ2n) is 5.05. The third-order valence-electron chi connectivity index (χ3n) is 3.52. The lowest BCUT2D eigenvalue weighted by molar-refractivity contribution is 1.15. The quantitative estimate of drug-likeness (QED) is 0.693. The van der Waals surface area contributed by atoms with E-state index in [4.69, 9.17) is 0 Å². The molecule has 2 aromatic carbocycles. The van der Waals surface area contributed by atoms with Gasteiger partial charge in [0.15, 0.2) is 0 Å². The van der Waals surface area contributed by atoms with Gasteiger partial charge < -0.3 is 0 Å². The molecular formula is C20H22S2. The monoisotopic (exact) mass is 326 g/mol. The maximum atomic E-state index is 3.39. The predicted octanol–water partition coefficient (Wildman–Crippen LogP) is 4.90. The van der Waals surface area contributed by atoms with E-state index in [1.807, 2.05) is 23.5 Å². The van der Waals surface area contributed by atoms with Crippen LogP contribution in [0.2, 0.25) is 0 Å². The van der Waals surface area contributed by atoms with Crippen LogP contribution < -0.4 is 0 Å². The first-order valence-corrected chi connectivity index (χ1v) is 10.3. The molecule has 0 N–H and O–H groups in total. The van der Waals surface area contributed by atoms with Gasteiger partial charge in [0.2, 0.25) is 0 Å². The Morgan fingerprint density at radius 2 is 1.09 bits per heavy atom. The van der Waals surface area contributed by atoms with Gasteiger partial charge >= 0.3 is 0 Å². The summed E-state index contributed by atoms with van der Waals surface area (Å²) in [6.07, 6.45) is 6.47. The molecule has 0 aromatic heterocycles. The van der Waals surface area contributed by atoms with Crippen molar-refractivity contribution in [2.24, 2.45) is 0 Å². The van der Waals surface area contributed by atoms with E-state index in [-0.39, 0.29) is 0 Å². The third-order valence-corrected chi connectivity index (χ3v) is 4.74. The number of thioether (sulfide) groups is 2. The van der Waals surface area contributed by atoms with Gasteiger partial charge in [-0.05, 0) is 60.1 Å². The maximum Gasteiger partial charge on any atom is 0.0281 e. The Morgan fingerprint density at radius 1 is 0.682 bits per heavy atom. The molecule has 0 bridgehead atoms. The summed E-state index contributed by atoms with van der Waals surface area (Å²) in [5, 5.41) is 0. The number of aryl methyl sites for hydroxylation is 2. The number of rotatable bonds is 6. The van der Waals surface area contributed by atoms with Crippen LogP contribution in [0.25, 0.3) is 0 Å². The van der Waals surface area contributed by atoms with Crippen LogP contribution in [0.3, 0.4) is 0 Å². The summed E-state index contributed by atoms with van der Waals surface area (Å²) in [7, 11) is 0. The first kappa shape index (κ1) is 17.1. The molecule has 0 atom stereocenters. The minimum absolute atomic E-state index is 1.08. The average Bonchev–Trinajstić information content (AvgIpc) is 2.57. The van der Waals surface area contributed by atoms with Crippen LogP contribution in [0.4, 0.5) is 0 Å². The van der Waals surface area contributed by atoms with Crippen LogP contribution in [0.5, 0.6) is 0 Å². The van der Waals surface area contributed by atoms with Crippen molar-refractivity contribution in [3.05, 3.63) is 70.8 Å². The lowest BCUT2D eigenvalue weighted by Gasteiger charge is -2.04. The maximum absolute atomic E-state index is 3.39. The molecule has 2 heteroatoms. The Hall–Kier alpha value is -1.30. The molecule has 2 rings (SSSR count). The summed E-state index contributed by atoms with van der Waals surface area (Å²) in [5.41, 5.74) is 5.03. The van der Waals surface area contributed by atoms with Crippen LogP contribution >= 0.6 is 23.5 Å². The zero-order valence-electron chi connectivity index (χ0n) is 13.3. The van der Waals surface area contributed by atoms with Gasteiger partial charge in [0.25, 0.3) is 0 Å². The van der Waals surface area contributed by atoms with Gasteiger partial charge in [-0.25, -0.2) is 0 Å². The molecule has 22 heavy (non-hydrogen) atoms. The first-order chi connectivity index (χ1) is 10.8. The highest BCUT2D eigenvalue weighted by molar-refractivity contribution is 7.98. The summed E-state index contributed by atoms with van der Waals surface area (Å²) < 4.78 is 0. The van der Waals surface area contributed by atoms with Gasteiger partial charge in [0, 0.05) is 11.1 Å². The highest BCUT2D eigenvalue weighted by Crippen LogP contribution is 2.13. The van der Waals surface area contributed by atoms with Crippen LogP contribution in [0.1, 0.15) is 22.3 Å². The Labute approximate surface area is 143 Å². The Bertz CT molecular complexity index is 594. The van der Waals surface area contributed by atoms with Gasteiger partial charge in [-0.3, -0.25) is 0 Å². The minimum Gasteiger partial charge on any atom is -0.165 e. The molecule has 114 valence electrons. The van der Waals surface area contributed by atoms with Crippen LogP contribution in [0.15, 0.2) is 48.5 Å². The molecule has 0 aliphatic heterocycles. The summed E-state index contributed by atoms with van der Waals surface area (Å²) in [6.45, 7) is 0. The van der Waals surface area contributed by atoms with E-state index < -0.39 is 0 Å². The summed E-state index contributed by atoms with van der Waals surface area (Å²) in [5.74, 6) is 9.06. The fourth-order valence-electron chi connectivity index (χ4n) is 2.28. The molecule has 0 amide bonds. The highest BCUT2D eigenvalue weighted by atomic mass is 32.2. The summed E-state index contributed by atoms with van der Waals surface area (Å²) in [6, 6.07) is 17.0. The average molecular weight is 327 g/mol. The van der Waals surface area contributed by atoms with Gasteiger partial charge in [0.1, 0.15) is 0 Å². The Morgan fingerprint density at radius 3 is 1.50 bits per heavy atom. The van der Waals surface area contributed by atoms with E-state index in [2.05, 4.69) is 72.9 Å². The SMILES string of the molecule is CSCCc1ccccc1C#Cc1ccccc1CCSC. The van der Waals surface area contributed by atoms with Crippen molar-refractivity contribution in [1.82, 2.24) is 0 Å². The smallest absolute Gasteiger partial charge is 0.0281 e. The summed E-state index contributed by atoms with van der Waals surface area (Å²) >= 11 is 3.76. The third kappa shape index (κ3) is 5.16. The molecule has 0 heterocycles. The van der Waals surface area contributed by atoms with E-state index >= 15 is 0 Å². The van der Waals surface area contributed by atoms with Crippen molar-refractivity contribution in [2.75, 3.05) is 24.0 Å². The van der Waals surface area contributed by atoms with Gasteiger partial charge in [-0.1, -0.05) is 48.2 Å². The van der Waals surface area contributed by atoms with Crippen LogP contribution in [-0.2, 0) is 12.8 Å². The molecule has 0 aliphatic carbocycles. The summed E-state index contributed by atoms with van der Waals surface area (Å²) in [4.78, 5) is 0. The Balaban J connectivity index is 2.23. The molecule has 0 spiro atoms. The number of hydrogen-bond acceptors (Lipinski definition) is 2. The van der Waals surface area contributed by atoms with Crippen molar-refractivity contribution in [1.29, 1.82) is 0 Å². The second kappa shape index (κ2) is 9.66. The van der Waals surface area contributed by atoms with Crippen LogP contribution in [0, 0.1) is 11.8 Å². The molecule has 0 saturated heterocycles. The topological polar surface area (TPSA) is 0 Å². The van der Waals surface area contributed by atoms with E-state index in [9.17, 15) is 0 Å². The van der Waals surface area contributed by atoms with E-state index in [0.29, 0.717) is 0 Å². The molecule has 0 aliphatic rings. The minimum atomic E-state index is 1.08. The fraction of sp³-hybridized carbons (Fsp3) is 0.300. The van der Waals surface area contributed by atoms with Crippen molar-refractivity contribution < 1.29 is 0 Å².